The molecule has 2 aliphatic rings. The lowest BCUT2D eigenvalue weighted by molar-refractivity contribution is 0.627. The minimum absolute atomic E-state index is 0.621. The molecule has 5 nitrogen and oxygen atoms in total. The first-order valence-electron chi connectivity index (χ1n) is 6.15. The second kappa shape index (κ2) is 3.96. The Morgan fingerprint density at radius 3 is 2.72 bits per heavy atom. The highest BCUT2D eigenvalue weighted by Crippen LogP contribution is 2.47. The second-order valence-electron chi connectivity index (χ2n) is 4.85. The summed E-state index contributed by atoms with van der Waals surface area (Å²) >= 11 is 3.09. The molecular weight excluding hydrogens is 266 g/mol. The number of thiazole rings is 1. The molecule has 94 valence electrons. The molecule has 7 heteroatoms. The van der Waals surface area contributed by atoms with Crippen molar-refractivity contribution in [2.75, 3.05) is 5.73 Å². The lowest BCUT2D eigenvalue weighted by atomic mass is 10.4. The normalized spacial score (nSPS) is 19.3. The largest absolute Gasteiger partial charge is 0.389 e. The number of anilines is 1. The van der Waals surface area contributed by atoms with E-state index in [9.17, 15) is 0 Å². The first kappa shape index (κ1) is 10.8. The third-order valence-electron chi connectivity index (χ3n) is 3.23. The van der Waals surface area contributed by atoms with Gasteiger partial charge in [0.25, 0.3) is 0 Å². The highest BCUT2D eigenvalue weighted by atomic mass is 32.2. The molecule has 2 heterocycles. The fourth-order valence-corrected chi connectivity index (χ4v) is 3.82. The molecule has 2 aliphatic carbocycles. The van der Waals surface area contributed by atoms with E-state index in [0.29, 0.717) is 12.0 Å². The van der Waals surface area contributed by atoms with E-state index in [-0.39, 0.29) is 0 Å². The first-order valence-corrected chi connectivity index (χ1v) is 7.78. The van der Waals surface area contributed by atoms with Crippen molar-refractivity contribution < 1.29 is 0 Å². The van der Waals surface area contributed by atoms with Gasteiger partial charge in [-0.15, -0.1) is 10.2 Å². The minimum atomic E-state index is 0.621. The number of aromatic nitrogens is 4. The van der Waals surface area contributed by atoms with Gasteiger partial charge in [0.05, 0.1) is 6.20 Å². The van der Waals surface area contributed by atoms with Crippen LogP contribution in [0.5, 0.6) is 0 Å². The van der Waals surface area contributed by atoms with E-state index in [1.54, 1.807) is 18.0 Å². The Morgan fingerprint density at radius 2 is 2.11 bits per heavy atom. The molecule has 0 bridgehead atoms. The molecule has 4 rings (SSSR count). The van der Waals surface area contributed by atoms with E-state index >= 15 is 0 Å². The highest BCUT2D eigenvalue weighted by molar-refractivity contribution is 8.01. The summed E-state index contributed by atoms with van der Waals surface area (Å²) in [5.41, 5.74) is 5.71. The zero-order valence-electron chi connectivity index (χ0n) is 9.74. The quantitative estimate of drug-likeness (QED) is 0.931. The maximum absolute atomic E-state index is 5.71. The average Bonchev–Trinajstić information content (AvgIpc) is 3.27. The summed E-state index contributed by atoms with van der Waals surface area (Å²) in [6.07, 6.45) is 6.74. The van der Waals surface area contributed by atoms with Crippen molar-refractivity contribution in [3.8, 4) is 0 Å². The van der Waals surface area contributed by atoms with Crippen molar-refractivity contribution in [1.82, 2.24) is 19.7 Å². The van der Waals surface area contributed by atoms with Gasteiger partial charge >= 0.3 is 0 Å². The van der Waals surface area contributed by atoms with Crippen molar-refractivity contribution in [3.05, 3.63) is 12.0 Å². The van der Waals surface area contributed by atoms with Gasteiger partial charge in [0.1, 0.15) is 10.8 Å². The number of nitrogens with zero attached hydrogens (tertiary/aromatic N) is 4. The van der Waals surface area contributed by atoms with Crippen LogP contribution in [0.3, 0.4) is 0 Å². The number of hydrogen-bond donors (Lipinski definition) is 1. The van der Waals surface area contributed by atoms with E-state index in [1.165, 1.54) is 42.8 Å². The van der Waals surface area contributed by atoms with Crippen molar-refractivity contribution in [2.24, 2.45) is 0 Å². The van der Waals surface area contributed by atoms with Crippen LogP contribution >= 0.6 is 23.1 Å². The summed E-state index contributed by atoms with van der Waals surface area (Å²) < 4.78 is 3.28. The summed E-state index contributed by atoms with van der Waals surface area (Å²) in [6, 6.07) is 0.621. The number of hydrogen-bond acceptors (Lipinski definition) is 6. The number of nitrogens with two attached hydrogens (primary N) is 1. The molecule has 0 amide bonds. The van der Waals surface area contributed by atoms with Gasteiger partial charge in [0.15, 0.2) is 9.50 Å². The molecule has 0 aromatic carbocycles. The van der Waals surface area contributed by atoms with Crippen LogP contribution in [0, 0.1) is 0 Å². The van der Waals surface area contributed by atoms with Gasteiger partial charge in [-0.1, -0.05) is 11.3 Å². The van der Waals surface area contributed by atoms with Crippen LogP contribution < -0.4 is 5.73 Å². The van der Waals surface area contributed by atoms with Crippen molar-refractivity contribution >= 4 is 28.1 Å². The SMILES string of the molecule is Nc1cnc(Sc2nnc(C3CC3)n2C2CC2)s1. The van der Waals surface area contributed by atoms with Gasteiger partial charge in [-0.2, -0.15) is 0 Å². The summed E-state index contributed by atoms with van der Waals surface area (Å²) in [7, 11) is 0. The third-order valence-corrected chi connectivity index (χ3v) is 5.09. The highest BCUT2D eigenvalue weighted by Gasteiger charge is 2.36. The zero-order valence-corrected chi connectivity index (χ0v) is 11.4. The predicted molar refractivity (Wildman–Crippen MR) is 70.9 cm³/mol. The molecular formula is C11H13N5S2. The zero-order chi connectivity index (χ0) is 12.1. The molecule has 0 saturated heterocycles. The van der Waals surface area contributed by atoms with Crippen molar-refractivity contribution in [1.29, 1.82) is 0 Å². The lowest BCUT2D eigenvalue weighted by Gasteiger charge is -2.06. The molecule has 0 spiro atoms. The summed E-state index contributed by atoms with van der Waals surface area (Å²) in [4.78, 5) is 4.28. The van der Waals surface area contributed by atoms with E-state index in [4.69, 9.17) is 5.73 Å². The van der Waals surface area contributed by atoms with E-state index < -0.39 is 0 Å². The van der Waals surface area contributed by atoms with Gasteiger partial charge in [-0.05, 0) is 37.4 Å². The molecule has 0 aliphatic heterocycles. The Kier molecular flexibility index (Phi) is 2.38. The Hall–Kier alpha value is -1.08. The topological polar surface area (TPSA) is 69.6 Å². The first-order chi connectivity index (χ1) is 8.81. The number of rotatable bonds is 4. The second-order valence-corrected chi connectivity index (χ2v) is 7.12. The standard InChI is InChI=1S/C11H13N5S2/c12-8-5-13-11(17-8)18-10-15-14-9(6-1-2-6)16(10)7-3-4-7/h5-7H,1-4,12H2. The van der Waals surface area contributed by atoms with Crippen molar-refractivity contribution in [3.63, 3.8) is 0 Å². The molecule has 0 atom stereocenters. The summed E-state index contributed by atoms with van der Waals surface area (Å²) in [6.45, 7) is 0. The van der Waals surface area contributed by atoms with Crippen molar-refractivity contribution in [2.45, 2.75) is 47.1 Å². The Bertz CT molecular complexity index is 582. The van der Waals surface area contributed by atoms with Crippen LogP contribution in [0.4, 0.5) is 5.00 Å². The maximum atomic E-state index is 5.71. The Balaban J connectivity index is 1.67. The van der Waals surface area contributed by atoms with Crippen LogP contribution in [0.15, 0.2) is 15.7 Å². The average molecular weight is 279 g/mol. The Morgan fingerprint density at radius 1 is 1.28 bits per heavy atom. The van der Waals surface area contributed by atoms with Gasteiger partial charge < -0.3 is 10.3 Å². The predicted octanol–water partition coefficient (Wildman–Crippen LogP) is 2.68. The Labute approximate surface area is 113 Å². The molecule has 2 aromatic rings. The summed E-state index contributed by atoms with van der Waals surface area (Å²) in [5, 5.41) is 10.5. The third kappa shape index (κ3) is 1.91. The molecule has 0 radical (unpaired) electrons. The number of nitrogen functional groups attached to an aromatic ring is 1. The van der Waals surface area contributed by atoms with Crippen LogP contribution in [0.2, 0.25) is 0 Å². The van der Waals surface area contributed by atoms with E-state index in [2.05, 4.69) is 19.7 Å². The van der Waals surface area contributed by atoms with Gasteiger partial charge in [-0.25, -0.2) is 4.98 Å². The van der Waals surface area contributed by atoms with Crippen LogP contribution in [-0.2, 0) is 0 Å². The minimum Gasteiger partial charge on any atom is -0.389 e. The lowest BCUT2D eigenvalue weighted by Crippen LogP contribution is -2.01. The molecule has 2 aromatic heterocycles. The molecule has 2 saturated carbocycles. The van der Waals surface area contributed by atoms with Gasteiger partial charge in [0.2, 0.25) is 0 Å². The smallest absolute Gasteiger partial charge is 0.198 e. The monoisotopic (exact) mass is 279 g/mol. The molecule has 18 heavy (non-hydrogen) atoms. The van der Waals surface area contributed by atoms with E-state index in [1.807, 2.05) is 0 Å². The fourth-order valence-electron chi connectivity index (χ4n) is 2.05. The molecule has 0 unspecified atom stereocenters. The molecule has 2 fully saturated rings. The van der Waals surface area contributed by atoms with E-state index in [0.717, 1.165) is 14.5 Å². The van der Waals surface area contributed by atoms with Gasteiger partial charge in [-0.3, -0.25) is 0 Å². The van der Waals surface area contributed by atoms with Gasteiger partial charge in [0, 0.05) is 12.0 Å². The van der Waals surface area contributed by atoms with Crippen LogP contribution in [-0.4, -0.2) is 19.7 Å². The van der Waals surface area contributed by atoms with Crippen LogP contribution in [0.1, 0.15) is 43.5 Å². The fraction of sp³-hybridized carbons (Fsp3) is 0.545. The van der Waals surface area contributed by atoms with Crippen LogP contribution in [0.25, 0.3) is 0 Å². The maximum Gasteiger partial charge on any atom is 0.198 e. The molecule has 2 N–H and O–H groups in total. The summed E-state index contributed by atoms with van der Waals surface area (Å²) in [5.74, 6) is 1.83.